The number of imidazole rings is 1. The first kappa shape index (κ1) is 26.5. The molecule has 7 nitrogen and oxygen atoms in total. The number of carbonyl (C=O) groups is 2. The van der Waals surface area contributed by atoms with Gasteiger partial charge in [-0.25, -0.2) is 4.98 Å². The van der Waals surface area contributed by atoms with Crippen molar-refractivity contribution in [3.63, 3.8) is 0 Å². The van der Waals surface area contributed by atoms with Crippen LogP contribution in [0.25, 0.3) is 11.0 Å². The number of nitrogens with zero attached hydrogens (tertiary/aromatic N) is 3. The van der Waals surface area contributed by atoms with Crippen LogP contribution in [0.5, 0.6) is 5.75 Å². The smallest absolute Gasteiger partial charge is 0.321 e. The van der Waals surface area contributed by atoms with Gasteiger partial charge in [-0.1, -0.05) is 68.4 Å². The Bertz CT molecular complexity index is 1430. The molecule has 0 N–H and O–H groups in total. The molecule has 4 aromatic rings. The molecule has 0 aliphatic carbocycles. The number of benzene rings is 3. The van der Waals surface area contributed by atoms with E-state index in [2.05, 4.69) is 13.8 Å². The summed E-state index contributed by atoms with van der Waals surface area (Å²) in [4.78, 5) is 34.1. The highest BCUT2D eigenvalue weighted by Crippen LogP contribution is 2.41. The van der Waals surface area contributed by atoms with Crippen molar-refractivity contribution in [2.75, 3.05) is 24.7 Å². The lowest BCUT2D eigenvalue weighted by atomic mass is 9.89. The minimum Gasteiger partial charge on any atom is -0.494 e. The van der Waals surface area contributed by atoms with Crippen molar-refractivity contribution < 1.29 is 19.1 Å². The second-order valence-corrected chi connectivity index (χ2v) is 10.3. The molecule has 3 aromatic carbocycles. The Morgan fingerprint density at radius 2 is 1.69 bits per heavy atom. The summed E-state index contributed by atoms with van der Waals surface area (Å²) in [6.45, 7) is 7.32. The Hall–Kier alpha value is -4.13. The molecule has 0 fully saturated rings. The molecule has 1 amide bonds. The summed E-state index contributed by atoms with van der Waals surface area (Å²) < 4.78 is 13.4. The van der Waals surface area contributed by atoms with Crippen molar-refractivity contribution in [3.05, 3.63) is 90.0 Å². The van der Waals surface area contributed by atoms with Crippen molar-refractivity contribution in [1.29, 1.82) is 0 Å². The van der Waals surface area contributed by atoms with Crippen LogP contribution >= 0.6 is 0 Å². The Labute approximate surface area is 229 Å². The van der Waals surface area contributed by atoms with Gasteiger partial charge in [0.25, 0.3) is 0 Å². The molecule has 0 saturated carbocycles. The zero-order valence-electron chi connectivity index (χ0n) is 22.7. The molecule has 7 heteroatoms. The van der Waals surface area contributed by atoms with Crippen LogP contribution in [-0.2, 0) is 20.7 Å². The second kappa shape index (κ2) is 11.7. The van der Waals surface area contributed by atoms with Gasteiger partial charge in [-0.3, -0.25) is 14.5 Å². The lowest BCUT2D eigenvalue weighted by Crippen LogP contribution is -2.50. The summed E-state index contributed by atoms with van der Waals surface area (Å²) in [6.07, 6.45) is 1.60. The van der Waals surface area contributed by atoms with Gasteiger partial charge in [0.05, 0.1) is 30.3 Å². The van der Waals surface area contributed by atoms with Crippen molar-refractivity contribution in [3.8, 4) is 5.75 Å². The quantitative estimate of drug-likeness (QED) is 0.193. The van der Waals surface area contributed by atoms with Crippen LogP contribution in [-0.4, -0.2) is 41.2 Å². The molecule has 202 valence electrons. The van der Waals surface area contributed by atoms with Gasteiger partial charge in [0.15, 0.2) is 5.92 Å². The van der Waals surface area contributed by atoms with Crippen LogP contribution in [0.1, 0.15) is 44.4 Å². The standard InChI is InChI=1S/C32H35N3O4/c1-4-38-31(37)28-29(24-14-16-25(17-15-24)39-21-19-22(2)3)35-27-13-9-8-12-26(27)33-32(35)34(30(28)36)20-18-23-10-6-5-7-11-23/h5-17,22,28-29H,4,18-21H2,1-3H3/t28-,29-/m1/s1. The summed E-state index contributed by atoms with van der Waals surface area (Å²) in [7, 11) is 0. The number of hydrogen-bond donors (Lipinski definition) is 0. The first-order valence-corrected chi connectivity index (χ1v) is 13.7. The number of amides is 1. The maximum absolute atomic E-state index is 14.1. The lowest BCUT2D eigenvalue weighted by molar-refractivity contribution is -0.153. The molecule has 0 bridgehead atoms. The summed E-state index contributed by atoms with van der Waals surface area (Å²) in [5.74, 6) is -0.0131. The van der Waals surface area contributed by atoms with Gasteiger partial charge in [-0.05, 0) is 61.1 Å². The summed E-state index contributed by atoms with van der Waals surface area (Å²) in [5, 5.41) is 0. The lowest BCUT2D eigenvalue weighted by Gasteiger charge is -2.38. The molecule has 2 atom stereocenters. The molecule has 5 rings (SSSR count). The Balaban J connectivity index is 1.57. The minimum atomic E-state index is -1.04. The monoisotopic (exact) mass is 525 g/mol. The van der Waals surface area contributed by atoms with Crippen LogP contribution < -0.4 is 9.64 Å². The van der Waals surface area contributed by atoms with E-state index >= 15 is 0 Å². The summed E-state index contributed by atoms with van der Waals surface area (Å²) in [6, 6.07) is 24.9. The zero-order valence-corrected chi connectivity index (χ0v) is 22.7. The number of hydrogen-bond acceptors (Lipinski definition) is 5. The molecule has 1 aromatic heterocycles. The van der Waals surface area contributed by atoms with E-state index in [1.54, 1.807) is 11.8 Å². The van der Waals surface area contributed by atoms with Crippen molar-refractivity contribution in [2.24, 2.45) is 11.8 Å². The fourth-order valence-corrected chi connectivity index (χ4v) is 5.12. The van der Waals surface area contributed by atoms with Crippen molar-refractivity contribution >= 4 is 28.9 Å². The van der Waals surface area contributed by atoms with Gasteiger partial charge in [0.1, 0.15) is 5.75 Å². The Morgan fingerprint density at radius 1 is 0.974 bits per heavy atom. The van der Waals surface area contributed by atoms with E-state index in [0.29, 0.717) is 31.4 Å². The van der Waals surface area contributed by atoms with E-state index in [-0.39, 0.29) is 12.5 Å². The van der Waals surface area contributed by atoms with Gasteiger partial charge >= 0.3 is 5.97 Å². The van der Waals surface area contributed by atoms with E-state index in [4.69, 9.17) is 14.5 Å². The fraction of sp³-hybridized carbons (Fsp3) is 0.344. The Morgan fingerprint density at radius 3 is 2.41 bits per heavy atom. The maximum atomic E-state index is 14.1. The second-order valence-electron chi connectivity index (χ2n) is 10.3. The van der Waals surface area contributed by atoms with Crippen LogP contribution in [0.2, 0.25) is 0 Å². The molecule has 1 aliphatic heterocycles. The van der Waals surface area contributed by atoms with Gasteiger partial charge in [0, 0.05) is 6.54 Å². The number of rotatable bonds is 10. The number of carbonyl (C=O) groups excluding carboxylic acids is 2. The first-order valence-electron chi connectivity index (χ1n) is 13.7. The van der Waals surface area contributed by atoms with Gasteiger partial charge in [0.2, 0.25) is 11.9 Å². The first-order chi connectivity index (χ1) is 19.0. The molecule has 0 saturated heterocycles. The molecule has 0 radical (unpaired) electrons. The fourth-order valence-electron chi connectivity index (χ4n) is 5.12. The van der Waals surface area contributed by atoms with E-state index < -0.39 is 17.9 Å². The molecule has 0 unspecified atom stereocenters. The molecule has 2 heterocycles. The predicted molar refractivity (Wildman–Crippen MR) is 152 cm³/mol. The molecular weight excluding hydrogens is 490 g/mol. The van der Waals surface area contributed by atoms with Gasteiger partial charge in [-0.15, -0.1) is 0 Å². The number of ether oxygens (including phenoxy) is 2. The number of para-hydroxylation sites is 2. The van der Waals surface area contributed by atoms with Crippen LogP contribution in [0, 0.1) is 11.8 Å². The average Bonchev–Trinajstić information content (AvgIpc) is 3.32. The molecule has 39 heavy (non-hydrogen) atoms. The van der Waals surface area contributed by atoms with Gasteiger partial charge < -0.3 is 14.0 Å². The number of anilines is 1. The van der Waals surface area contributed by atoms with E-state index in [0.717, 1.165) is 34.3 Å². The minimum absolute atomic E-state index is 0.194. The third-order valence-corrected chi connectivity index (χ3v) is 7.14. The summed E-state index contributed by atoms with van der Waals surface area (Å²) in [5.41, 5.74) is 3.56. The maximum Gasteiger partial charge on any atom is 0.321 e. The van der Waals surface area contributed by atoms with Crippen molar-refractivity contribution in [1.82, 2.24) is 9.55 Å². The number of esters is 1. The molecule has 1 aliphatic rings. The topological polar surface area (TPSA) is 73.7 Å². The Kier molecular flexibility index (Phi) is 7.96. The average molecular weight is 526 g/mol. The van der Waals surface area contributed by atoms with E-state index in [1.165, 1.54) is 0 Å². The molecular formula is C32H35N3O4. The van der Waals surface area contributed by atoms with Crippen LogP contribution in [0.3, 0.4) is 0 Å². The highest BCUT2D eigenvalue weighted by Gasteiger charge is 2.47. The summed E-state index contributed by atoms with van der Waals surface area (Å²) >= 11 is 0. The normalized spacial score (nSPS) is 16.9. The van der Waals surface area contributed by atoms with Crippen molar-refractivity contribution in [2.45, 2.75) is 39.7 Å². The van der Waals surface area contributed by atoms with E-state index in [1.807, 2.05) is 83.4 Å². The zero-order chi connectivity index (χ0) is 27.4. The third kappa shape index (κ3) is 5.53. The predicted octanol–water partition coefficient (Wildman–Crippen LogP) is 5.82. The number of fused-ring (bicyclic) bond motifs is 3. The SMILES string of the molecule is CCOC(=O)[C@H]1C(=O)N(CCc2ccccc2)c2nc3ccccc3n2[C@@H]1c1ccc(OCCC(C)C)cc1. The largest absolute Gasteiger partial charge is 0.494 e. The van der Waals surface area contributed by atoms with Gasteiger partial charge in [-0.2, -0.15) is 0 Å². The number of aromatic nitrogens is 2. The highest BCUT2D eigenvalue weighted by molar-refractivity contribution is 6.08. The highest BCUT2D eigenvalue weighted by atomic mass is 16.5. The molecule has 0 spiro atoms. The third-order valence-electron chi connectivity index (χ3n) is 7.14. The van der Waals surface area contributed by atoms with Crippen LogP contribution in [0.15, 0.2) is 78.9 Å². The van der Waals surface area contributed by atoms with E-state index in [9.17, 15) is 9.59 Å². The van der Waals surface area contributed by atoms with Crippen LogP contribution in [0.4, 0.5) is 5.95 Å².